The van der Waals surface area contributed by atoms with Gasteiger partial charge in [-0.1, -0.05) is 27.2 Å². The number of unbranched alkanes of at least 4 members (excludes halogenated alkanes) is 1. The second-order valence-corrected chi connectivity index (χ2v) is 3.21. The molecule has 0 aromatic carbocycles. The van der Waals surface area contributed by atoms with Gasteiger partial charge in [0.25, 0.3) is 0 Å². The molecule has 0 radical (unpaired) electrons. The first-order chi connectivity index (χ1) is 5.72. The van der Waals surface area contributed by atoms with Gasteiger partial charge in [0.05, 0.1) is 0 Å². The van der Waals surface area contributed by atoms with E-state index in [1.807, 2.05) is 6.20 Å². The number of hydrazine groups is 1. The van der Waals surface area contributed by atoms with Crippen molar-refractivity contribution in [2.24, 2.45) is 11.8 Å². The fraction of sp³-hybridized carbons (Fsp3) is 0.778. The molecule has 3 nitrogen and oxygen atoms in total. The van der Waals surface area contributed by atoms with Crippen molar-refractivity contribution in [3.8, 4) is 0 Å². The van der Waals surface area contributed by atoms with Crippen LogP contribution in [0, 0.1) is 5.92 Å². The Hall–Kier alpha value is -0.700. The Labute approximate surface area is 75.4 Å². The predicted octanol–water partition coefficient (Wildman–Crippen LogP) is 1.34. The van der Waals surface area contributed by atoms with E-state index in [0.29, 0.717) is 5.92 Å². The summed E-state index contributed by atoms with van der Waals surface area (Å²) in [6, 6.07) is 0. The zero-order valence-corrected chi connectivity index (χ0v) is 8.35. The van der Waals surface area contributed by atoms with Gasteiger partial charge in [0, 0.05) is 18.4 Å². The van der Waals surface area contributed by atoms with Crippen LogP contribution in [0.15, 0.2) is 11.9 Å². The molecule has 0 aromatic rings. The number of nitrogens with two attached hydrogens (primary N) is 1. The second-order valence-electron chi connectivity index (χ2n) is 3.21. The van der Waals surface area contributed by atoms with E-state index in [0.717, 1.165) is 12.2 Å². The molecule has 0 saturated carbocycles. The molecule has 0 aliphatic carbocycles. The normalized spacial score (nSPS) is 11.9. The average molecular weight is 171 g/mol. The number of hydrogen-bond acceptors (Lipinski definition) is 3. The first-order valence-corrected chi connectivity index (χ1v) is 4.62. The first-order valence-electron chi connectivity index (χ1n) is 4.62. The molecule has 0 amide bonds. The minimum atomic E-state index is 0.448. The van der Waals surface area contributed by atoms with E-state index in [9.17, 15) is 0 Å². The summed E-state index contributed by atoms with van der Waals surface area (Å²) in [5.74, 6) is 5.78. The summed E-state index contributed by atoms with van der Waals surface area (Å²) < 4.78 is 0. The number of allylic oxidation sites excluding steroid dienone is 1. The van der Waals surface area contributed by atoms with Gasteiger partial charge in [0.15, 0.2) is 0 Å². The van der Waals surface area contributed by atoms with Crippen LogP contribution >= 0.6 is 0 Å². The van der Waals surface area contributed by atoms with Crippen molar-refractivity contribution in [1.29, 1.82) is 0 Å². The van der Waals surface area contributed by atoms with Crippen molar-refractivity contribution in [3.63, 3.8) is 0 Å². The van der Waals surface area contributed by atoms with E-state index >= 15 is 0 Å². The van der Waals surface area contributed by atoms with Crippen molar-refractivity contribution < 1.29 is 0 Å². The van der Waals surface area contributed by atoms with Crippen molar-refractivity contribution >= 4 is 0 Å². The van der Waals surface area contributed by atoms with Gasteiger partial charge in [0.1, 0.15) is 0 Å². The monoisotopic (exact) mass is 171 g/mol. The van der Waals surface area contributed by atoms with Crippen LogP contribution in [0.3, 0.4) is 0 Å². The molecule has 0 saturated heterocycles. The minimum Gasteiger partial charge on any atom is -0.389 e. The van der Waals surface area contributed by atoms with Gasteiger partial charge in [-0.2, -0.15) is 0 Å². The third kappa shape index (κ3) is 5.02. The van der Waals surface area contributed by atoms with Crippen LogP contribution in [0.2, 0.25) is 0 Å². The van der Waals surface area contributed by atoms with E-state index in [-0.39, 0.29) is 0 Å². The van der Waals surface area contributed by atoms with Crippen LogP contribution in [0.1, 0.15) is 33.6 Å². The van der Waals surface area contributed by atoms with Gasteiger partial charge in [-0.15, -0.1) is 0 Å². The highest BCUT2D eigenvalue weighted by molar-refractivity contribution is 4.99. The zero-order valence-electron chi connectivity index (χ0n) is 8.35. The lowest BCUT2D eigenvalue weighted by atomic mass is 10.1. The number of hydrogen-bond donors (Lipinski definition) is 3. The van der Waals surface area contributed by atoms with E-state index in [2.05, 4.69) is 31.5 Å². The molecule has 0 bridgehead atoms. The molecule has 12 heavy (non-hydrogen) atoms. The topological polar surface area (TPSA) is 50.1 Å². The van der Waals surface area contributed by atoms with Crippen molar-refractivity contribution in [1.82, 2.24) is 10.7 Å². The van der Waals surface area contributed by atoms with Crippen LogP contribution in [-0.2, 0) is 0 Å². The molecule has 0 aliphatic rings. The summed E-state index contributed by atoms with van der Waals surface area (Å²) in [7, 11) is 0. The molecule has 3 heteroatoms. The van der Waals surface area contributed by atoms with Gasteiger partial charge in [-0.25, -0.2) is 0 Å². The summed E-state index contributed by atoms with van der Waals surface area (Å²) in [5, 5.41) is 3.21. The molecule has 0 fully saturated rings. The van der Waals surface area contributed by atoms with Gasteiger partial charge in [-0.05, 0) is 12.3 Å². The van der Waals surface area contributed by atoms with Crippen LogP contribution in [0.5, 0.6) is 0 Å². The van der Waals surface area contributed by atoms with Crippen LogP contribution in [0.25, 0.3) is 0 Å². The Morgan fingerprint density at radius 2 is 2.17 bits per heavy atom. The molecule has 72 valence electrons. The third-order valence-electron chi connectivity index (χ3n) is 1.72. The van der Waals surface area contributed by atoms with Crippen molar-refractivity contribution in [2.45, 2.75) is 33.6 Å². The fourth-order valence-corrected chi connectivity index (χ4v) is 0.836. The van der Waals surface area contributed by atoms with Crippen molar-refractivity contribution in [3.05, 3.63) is 11.9 Å². The van der Waals surface area contributed by atoms with Gasteiger partial charge in [-0.3, -0.25) is 5.84 Å². The lowest BCUT2D eigenvalue weighted by Gasteiger charge is -2.10. The van der Waals surface area contributed by atoms with Gasteiger partial charge < -0.3 is 10.7 Å². The minimum absolute atomic E-state index is 0.448. The smallest absolute Gasteiger partial charge is 0.0441 e. The fourth-order valence-electron chi connectivity index (χ4n) is 0.836. The largest absolute Gasteiger partial charge is 0.389 e. The van der Waals surface area contributed by atoms with E-state index in [1.165, 1.54) is 12.8 Å². The number of rotatable bonds is 6. The molecule has 4 N–H and O–H groups in total. The Morgan fingerprint density at radius 1 is 1.50 bits per heavy atom. The number of nitrogens with one attached hydrogen (secondary N) is 2. The van der Waals surface area contributed by atoms with E-state index < -0.39 is 0 Å². The maximum Gasteiger partial charge on any atom is 0.0441 e. The molecule has 0 spiro atoms. The van der Waals surface area contributed by atoms with Crippen molar-refractivity contribution in [2.75, 3.05) is 6.54 Å². The predicted molar refractivity (Wildman–Crippen MR) is 53.2 cm³/mol. The molecular weight excluding hydrogens is 150 g/mol. The summed E-state index contributed by atoms with van der Waals surface area (Å²) in [6.07, 6.45) is 4.38. The Balaban J connectivity index is 3.63. The molecule has 0 rings (SSSR count). The Morgan fingerprint density at radius 3 is 2.58 bits per heavy atom. The van der Waals surface area contributed by atoms with Crippen LogP contribution < -0.4 is 16.6 Å². The highest BCUT2D eigenvalue weighted by Gasteiger charge is 1.98. The summed E-state index contributed by atoms with van der Waals surface area (Å²) in [4.78, 5) is 0. The van der Waals surface area contributed by atoms with Gasteiger partial charge in [0.2, 0.25) is 0 Å². The van der Waals surface area contributed by atoms with E-state index in [4.69, 9.17) is 5.84 Å². The standard InChI is InChI=1S/C9H21N3/c1-4-5-6-11-7-9(12-10)8(2)3/h7-8,11-12H,4-6,10H2,1-3H3/b9-7-. The zero-order chi connectivity index (χ0) is 9.40. The maximum absolute atomic E-state index is 5.33. The summed E-state index contributed by atoms with van der Waals surface area (Å²) in [5.41, 5.74) is 3.72. The molecule has 0 aliphatic heterocycles. The summed E-state index contributed by atoms with van der Waals surface area (Å²) in [6.45, 7) is 7.41. The lowest BCUT2D eigenvalue weighted by molar-refractivity contribution is 0.648. The highest BCUT2D eigenvalue weighted by atomic mass is 15.2. The molecule has 0 aromatic heterocycles. The SMILES string of the molecule is CCCCN/C=C(\NN)C(C)C. The Kier molecular flexibility index (Phi) is 6.57. The van der Waals surface area contributed by atoms with Crippen LogP contribution in [0.4, 0.5) is 0 Å². The average Bonchev–Trinajstić information content (AvgIpc) is 2.04. The molecule has 0 unspecified atom stereocenters. The quantitative estimate of drug-likeness (QED) is 0.321. The molecule has 0 heterocycles. The molecular formula is C9H21N3. The summed E-state index contributed by atoms with van der Waals surface area (Å²) >= 11 is 0. The lowest BCUT2D eigenvalue weighted by Crippen LogP contribution is -2.26. The van der Waals surface area contributed by atoms with Crippen LogP contribution in [-0.4, -0.2) is 6.54 Å². The molecule has 0 atom stereocenters. The highest BCUT2D eigenvalue weighted by Crippen LogP contribution is 2.02. The second kappa shape index (κ2) is 6.98. The van der Waals surface area contributed by atoms with Gasteiger partial charge >= 0.3 is 0 Å². The van der Waals surface area contributed by atoms with E-state index in [1.54, 1.807) is 0 Å². The maximum atomic E-state index is 5.33. The first kappa shape index (κ1) is 11.3. The third-order valence-corrected chi connectivity index (χ3v) is 1.72. The Bertz CT molecular complexity index is 130.